The SMILES string of the molecule is CCC(O)CCNc1ccnc(C(=O)NC)c1. The minimum Gasteiger partial charge on any atom is -0.393 e. The van der Waals surface area contributed by atoms with Crippen molar-refractivity contribution in [3.63, 3.8) is 0 Å². The molecular formula is C12H19N3O2. The molecule has 0 saturated heterocycles. The van der Waals surface area contributed by atoms with Crippen molar-refractivity contribution in [3.05, 3.63) is 24.0 Å². The number of amides is 1. The van der Waals surface area contributed by atoms with Gasteiger partial charge in [0, 0.05) is 25.5 Å². The van der Waals surface area contributed by atoms with Crippen molar-refractivity contribution in [2.45, 2.75) is 25.9 Å². The molecule has 17 heavy (non-hydrogen) atoms. The van der Waals surface area contributed by atoms with E-state index in [0.29, 0.717) is 18.7 Å². The maximum Gasteiger partial charge on any atom is 0.269 e. The van der Waals surface area contributed by atoms with Gasteiger partial charge < -0.3 is 15.7 Å². The van der Waals surface area contributed by atoms with E-state index in [1.165, 1.54) is 0 Å². The number of carbonyl (C=O) groups excluding carboxylic acids is 1. The molecule has 0 bridgehead atoms. The quantitative estimate of drug-likeness (QED) is 0.690. The summed E-state index contributed by atoms with van der Waals surface area (Å²) in [6, 6.07) is 3.49. The maximum absolute atomic E-state index is 11.4. The average molecular weight is 237 g/mol. The Balaban J connectivity index is 2.51. The van der Waals surface area contributed by atoms with Crippen LogP contribution in [0.4, 0.5) is 5.69 Å². The Morgan fingerprint density at radius 3 is 3.00 bits per heavy atom. The number of aliphatic hydroxyl groups is 1. The molecule has 0 saturated carbocycles. The van der Waals surface area contributed by atoms with Crippen molar-refractivity contribution in [1.29, 1.82) is 0 Å². The van der Waals surface area contributed by atoms with E-state index >= 15 is 0 Å². The first-order valence-electron chi connectivity index (χ1n) is 5.77. The van der Waals surface area contributed by atoms with Crippen LogP contribution in [0.1, 0.15) is 30.3 Å². The Bertz CT molecular complexity index is 369. The lowest BCUT2D eigenvalue weighted by Gasteiger charge is -2.10. The van der Waals surface area contributed by atoms with Gasteiger partial charge in [0.2, 0.25) is 0 Å². The Labute approximate surface area is 101 Å². The van der Waals surface area contributed by atoms with Gasteiger partial charge >= 0.3 is 0 Å². The number of nitrogens with one attached hydrogen (secondary N) is 2. The van der Waals surface area contributed by atoms with Gasteiger partial charge in [-0.05, 0) is 25.0 Å². The van der Waals surface area contributed by atoms with E-state index in [9.17, 15) is 9.90 Å². The van der Waals surface area contributed by atoms with Crippen LogP contribution in [0.5, 0.6) is 0 Å². The van der Waals surface area contributed by atoms with Gasteiger partial charge in [-0.25, -0.2) is 0 Å². The van der Waals surface area contributed by atoms with Gasteiger partial charge in [-0.3, -0.25) is 9.78 Å². The molecule has 0 fully saturated rings. The van der Waals surface area contributed by atoms with Crippen molar-refractivity contribution in [2.75, 3.05) is 18.9 Å². The fourth-order valence-corrected chi connectivity index (χ4v) is 1.38. The molecule has 0 aliphatic carbocycles. The third-order valence-corrected chi connectivity index (χ3v) is 2.50. The summed E-state index contributed by atoms with van der Waals surface area (Å²) in [6.45, 7) is 2.62. The molecule has 3 N–H and O–H groups in total. The highest BCUT2D eigenvalue weighted by atomic mass is 16.3. The molecule has 0 aliphatic rings. The highest BCUT2D eigenvalue weighted by molar-refractivity contribution is 5.92. The molecule has 0 aromatic carbocycles. The van der Waals surface area contributed by atoms with Gasteiger partial charge in [-0.1, -0.05) is 6.92 Å². The zero-order valence-corrected chi connectivity index (χ0v) is 10.2. The number of pyridine rings is 1. The molecule has 1 unspecified atom stereocenters. The molecular weight excluding hydrogens is 218 g/mol. The third kappa shape index (κ3) is 4.40. The van der Waals surface area contributed by atoms with E-state index < -0.39 is 0 Å². The van der Waals surface area contributed by atoms with Crippen LogP contribution in [0.25, 0.3) is 0 Å². The van der Waals surface area contributed by atoms with Crippen molar-refractivity contribution < 1.29 is 9.90 Å². The number of anilines is 1. The molecule has 5 nitrogen and oxygen atoms in total. The largest absolute Gasteiger partial charge is 0.393 e. The normalized spacial score (nSPS) is 11.9. The molecule has 1 amide bonds. The molecule has 1 heterocycles. The first-order valence-corrected chi connectivity index (χ1v) is 5.77. The van der Waals surface area contributed by atoms with E-state index in [2.05, 4.69) is 15.6 Å². The molecule has 0 aliphatic heterocycles. The number of aliphatic hydroxyl groups excluding tert-OH is 1. The van der Waals surface area contributed by atoms with Crippen molar-refractivity contribution in [2.24, 2.45) is 0 Å². The van der Waals surface area contributed by atoms with Crippen LogP contribution in [-0.4, -0.2) is 35.7 Å². The van der Waals surface area contributed by atoms with Crippen LogP contribution < -0.4 is 10.6 Å². The van der Waals surface area contributed by atoms with Crippen LogP contribution in [0.2, 0.25) is 0 Å². The van der Waals surface area contributed by atoms with Crippen molar-refractivity contribution >= 4 is 11.6 Å². The Morgan fingerprint density at radius 1 is 1.59 bits per heavy atom. The van der Waals surface area contributed by atoms with Crippen LogP contribution >= 0.6 is 0 Å². The second kappa shape index (κ2) is 6.85. The standard InChI is InChI=1S/C12H19N3O2/c1-3-10(16)5-7-14-9-4-6-15-11(8-9)12(17)13-2/h4,6,8,10,16H,3,5,7H2,1-2H3,(H,13,17)(H,14,15). The Kier molecular flexibility index (Phi) is 5.42. The van der Waals surface area contributed by atoms with Gasteiger partial charge in [0.1, 0.15) is 5.69 Å². The van der Waals surface area contributed by atoms with Gasteiger partial charge in [0.05, 0.1) is 6.10 Å². The third-order valence-electron chi connectivity index (χ3n) is 2.50. The lowest BCUT2D eigenvalue weighted by molar-refractivity contribution is 0.0958. The summed E-state index contributed by atoms with van der Waals surface area (Å²) >= 11 is 0. The number of nitrogens with zero attached hydrogens (tertiary/aromatic N) is 1. The van der Waals surface area contributed by atoms with Crippen molar-refractivity contribution in [3.8, 4) is 0 Å². The predicted octanol–water partition coefficient (Wildman–Crippen LogP) is 1.01. The lowest BCUT2D eigenvalue weighted by atomic mass is 10.2. The average Bonchev–Trinajstić information content (AvgIpc) is 2.38. The van der Waals surface area contributed by atoms with E-state index in [0.717, 1.165) is 12.1 Å². The number of aromatic nitrogens is 1. The summed E-state index contributed by atoms with van der Waals surface area (Å²) in [5, 5.41) is 15.1. The molecule has 94 valence electrons. The number of hydrogen-bond donors (Lipinski definition) is 3. The maximum atomic E-state index is 11.4. The van der Waals surface area contributed by atoms with Gasteiger partial charge in [0.15, 0.2) is 0 Å². The molecule has 1 aromatic heterocycles. The van der Waals surface area contributed by atoms with Crippen LogP contribution in [0.15, 0.2) is 18.3 Å². The fraction of sp³-hybridized carbons (Fsp3) is 0.500. The number of rotatable bonds is 6. The first-order chi connectivity index (χ1) is 8.17. The molecule has 5 heteroatoms. The summed E-state index contributed by atoms with van der Waals surface area (Å²) < 4.78 is 0. The van der Waals surface area contributed by atoms with E-state index in [4.69, 9.17) is 0 Å². The second-order valence-electron chi connectivity index (χ2n) is 3.79. The van der Waals surface area contributed by atoms with Crippen LogP contribution in [0.3, 0.4) is 0 Å². The molecule has 1 rings (SSSR count). The summed E-state index contributed by atoms with van der Waals surface area (Å²) in [5.74, 6) is -0.206. The molecule has 0 radical (unpaired) electrons. The molecule has 0 spiro atoms. The zero-order valence-electron chi connectivity index (χ0n) is 10.2. The minimum atomic E-state index is -0.275. The summed E-state index contributed by atoms with van der Waals surface area (Å²) in [4.78, 5) is 15.3. The zero-order chi connectivity index (χ0) is 12.7. The van der Waals surface area contributed by atoms with Gasteiger partial charge in [-0.2, -0.15) is 0 Å². The summed E-state index contributed by atoms with van der Waals surface area (Å²) in [7, 11) is 1.57. The lowest BCUT2D eigenvalue weighted by Crippen LogP contribution is -2.19. The van der Waals surface area contributed by atoms with Crippen LogP contribution in [-0.2, 0) is 0 Å². The number of hydrogen-bond acceptors (Lipinski definition) is 4. The highest BCUT2D eigenvalue weighted by Gasteiger charge is 2.05. The monoisotopic (exact) mass is 237 g/mol. The first kappa shape index (κ1) is 13.4. The number of carbonyl (C=O) groups is 1. The topological polar surface area (TPSA) is 74.2 Å². The smallest absolute Gasteiger partial charge is 0.269 e. The Hall–Kier alpha value is -1.62. The van der Waals surface area contributed by atoms with Gasteiger partial charge in [0.25, 0.3) is 5.91 Å². The molecule has 1 aromatic rings. The second-order valence-corrected chi connectivity index (χ2v) is 3.79. The van der Waals surface area contributed by atoms with E-state index in [1.54, 1.807) is 25.4 Å². The van der Waals surface area contributed by atoms with Crippen LogP contribution in [0, 0.1) is 0 Å². The molecule has 1 atom stereocenters. The van der Waals surface area contributed by atoms with E-state index in [-0.39, 0.29) is 12.0 Å². The fourth-order valence-electron chi connectivity index (χ4n) is 1.38. The minimum absolute atomic E-state index is 0.206. The summed E-state index contributed by atoms with van der Waals surface area (Å²) in [6.07, 6.45) is 2.75. The summed E-state index contributed by atoms with van der Waals surface area (Å²) in [5.41, 5.74) is 1.22. The highest BCUT2D eigenvalue weighted by Crippen LogP contribution is 2.08. The Morgan fingerprint density at radius 2 is 2.35 bits per heavy atom. The van der Waals surface area contributed by atoms with Crippen molar-refractivity contribution in [1.82, 2.24) is 10.3 Å². The van der Waals surface area contributed by atoms with E-state index in [1.807, 2.05) is 6.92 Å². The van der Waals surface area contributed by atoms with Gasteiger partial charge in [-0.15, -0.1) is 0 Å². The predicted molar refractivity (Wildman–Crippen MR) is 67.0 cm³/mol.